The summed E-state index contributed by atoms with van der Waals surface area (Å²) in [4.78, 5) is 0. The van der Waals surface area contributed by atoms with E-state index in [0.29, 0.717) is 16.7 Å². The highest BCUT2D eigenvalue weighted by Gasteiger charge is 2.61. The number of benzene rings is 2. The molecule has 0 spiro atoms. The highest BCUT2D eigenvalue weighted by atomic mass is 19.4. The van der Waals surface area contributed by atoms with E-state index < -0.39 is 11.8 Å². The molecule has 5 heteroatoms. The Morgan fingerprint density at radius 2 is 1.70 bits per heavy atom. The van der Waals surface area contributed by atoms with Crippen LogP contribution >= 0.6 is 0 Å². The van der Waals surface area contributed by atoms with Gasteiger partial charge in [0, 0.05) is 11.1 Å². The van der Waals surface area contributed by atoms with Gasteiger partial charge in [0.15, 0.2) is 0 Å². The monoisotopic (exact) mass is 280 g/mol. The number of aromatic hydroxyl groups is 1. The first-order chi connectivity index (χ1) is 9.26. The van der Waals surface area contributed by atoms with E-state index in [0.717, 1.165) is 6.07 Å². The molecule has 0 amide bonds. The summed E-state index contributed by atoms with van der Waals surface area (Å²) in [6.07, 6.45) is -4.87. The fraction of sp³-hybridized carbons (Fsp3) is 0.200. The van der Waals surface area contributed by atoms with E-state index >= 15 is 0 Å². The lowest BCUT2D eigenvalue weighted by Crippen LogP contribution is -2.41. The second-order valence-corrected chi connectivity index (χ2v) is 4.94. The van der Waals surface area contributed by atoms with E-state index in [-0.39, 0.29) is 16.9 Å². The normalized spacial score (nSPS) is 20.6. The molecule has 0 saturated carbocycles. The van der Waals surface area contributed by atoms with Gasteiger partial charge in [0.2, 0.25) is 5.60 Å². The molecule has 2 aromatic rings. The van der Waals surface area contributed by atoms with Gasteiger partial charge in [-0.05, 0) is 35.7 Å². The van der Waals surface area contributed by atoms with E-state index in [1.165, 1.54) is 18.2 Å². The van der Waals surface area contributed by atoms with Crippen molar-refractivity contribution in [1.29, 1.82) is 0 Å². The number of hydrogen-bond acceptors (Lipinski definition) is 2. The number of halogens is 3. The fourth-order valence-corrected chi connectivity index (χ4v) is 2.88. The van der Waals surface area contributed by atoms with Crippen LogP contribution in [-0.2, 0) is 5.60 Å². The summed E-state index contributed by atoms with van der Waals surface area (Å²) in [5.41, 5.74) is -2.42. The van der Waals surface area contributed by atoms with E-state index in [1.807, 2.05) is 0 Å². The van der Waals surface area contributed by atoms with Crippen LogP contribution in [0.2, 0.25) is 0 Å². The van der Waals surface area contributed by atoms with E-state index in [9.17, 15) is 23.4 Å². The highest BCUT2D eigenvalue weighted by molar-refractivity contribution is 5.83. The molecule has 2 nitrogen and oxygen atoms in total. The van der Waals surface area contributed by atoms with Gasteiger partial charge in [0.05, 0.1) is 0 Å². The standard InChI is InChI=1S/C15H11F3O2/c1-8-6-9(19)7-12-13(8)10-4-2-3-5-11(10)14(12,20)15(16,17)18/h2-7,19-20H,1H3. The minimum atomic E-state index is -4.87. The molecule has 104 valence electrons. The number of phenols is 1. The fourth-order valence-electron chi connectivity index (χ4n) is 2.88. The van der Waals surface area contributed by atoms with Crippen molar-refractivity contribution in [2.75, 3.05) is 0 Å². The predicted octanol–water partition coefficient (Wildman–Crippen LogP) is 3.48. The highest BCUT2D eigenvalue weighted by Crippen LogP contribution is 2.56. The van der Waals surface area contributed by atoms with Crippen molar-refractivity contribution in [3.63, 3.8) is 0 Å². The largest absolute Gasteiger partial charge is 0.508 e. The number of rotatable bonds is 0. The van der Waals surface area contributed by atoms with Crippen LogP contribution in [-0.4, -0.2) is 16.4 Å². The Labute approximate surface area is 113 Å². The number of alkyl halides is 3. The average molecular weight is 280 g/mol. The molecule has 20 heavy (non-hydrogen) atoms. The van der Waals surface area contributed by atoms with Gasteiger partial charge in [-0.15, -0.1) is 0 Å². The van der Waals surface area contributed by atoms with Gasteiger partial charge in [0.25, 0.3) is 0 Å². The van der Waals surface area contributed by atoms with Gasteiger partial charge in [-0.25, -0.2) is 0 Å². The molecule has 1 unspecified atom stereocenters. The first-order valence-corrected chi connectivity index (χ1v) is 6.00. The third-order valence-corrected chi connectivity index (χ3v) is 3.71. The summed E-state index contributed by atoms with van der Waals surface area (Å²) in [6, 6.07) is 8.25. The Morgan fingerprint density at radius 1 is 1.05 bits per heavy atom. The Balaban J connectivity index is 2.47. The molecule has 1 atom stereocenters. The molecular weight excluding hydrogens is 269 g/mol. The summed E-state index contributed by atoms with van der Waals surface area (Å²) in [6.45, 7) is 1.61. The molecule has 2 aromatic carbocycles. The zero-order valence-corrected chi connectivity index (χ0v) is 10.5. The smallest absolute Gasteiger partial charge is 0.425 e. The maximum Gasteiger partial charge on any atom is 0.425 e. The molecule has 2 N–H and O–H groups in total. The van der Waals surface area contributed by atoms with Crippen LogP contribution in [0.5, 0.6) is 5.75 Å². The minimum Gasteiger partial charge on any atom is -0.508 e. The van der Waals surface area contributed by atoms with Crippen LogP contribution in [0.4, 0.5) is 13.2 Å². The summed E-state index contributed by atoms with van der Waals surface area (Å²) < 4.78 is 40.3. The molecule has 0 aliphatic heterocycles. The van der Waals surface area contributed by atoms with Crippen molar-refractivity contribution in [2.24, 2.45) is 0 Å². The third-order valence-electron chi connectivity index (χ3n) is 3.71. The number of fused-ring (bicyclic) bond motifs is 3. The summed E-state index contributed by atoms with van der Waals surface area (Å²) in [5, 5.41) is 19.9. The lowest BCUT2D eigenvalue weighted by atomic mass is 9.90. The first-order valence-electron chi connectivity index (χ1n) is 6.00. The average Bonchev–Trinajstić information content (AvgIpc) is 2.61. The molecule has 0 saturated heterocycles. The Kier molecular flexibility index (Phi) is 2.44. The van der Waals surface area contributed by atoms with Crippen molar-refractivity contribution >= 4 is 0 Å². The van der Waals surface area contributed by atoms with Crippen LogP contribution in [0.25, 0.3) is 11.1 Å². The van der Waals surface area contributed by atoms with Gasteiger partial charge in [-0.2, -0.15) is 13.2 Å². The molecule has 1 aliphatic rings. The number of phenolic OH excluding ortho intramolecular Hbond substituents is 1. The SMILES string of the molecule is Cc1cc(O)cc2c1-c1ccccc1C2(O)C(F)(F)F. The number of aryl methyl sites for hydroxylation is 1. The van der Waals surface area contributed by atoms with Crippen LogP contribution in [0.15, 0.2) is 36.4 Å². The summed E-state index contributed by atoms with van der Waals surface area (Å²) in [5.74, 6) is -0.295. The number of hydrogen-bond donors (Lipinski definition) is 2. The molecule has 3 rings (SSSR count). The van der Waals surface area contributed by atoms with E-state index in [1.54, 1.807) is 19.1 Å². The maximum atomic E-state index is 13.4. The van der Waals surface area contributed by atoms with Crippen LogP contribution in [0.3, 0.4) is 0 Å². The van der Waals surface area contributed by atoms with Gasteiger partial charge in [-0.3, -0.25) is 0 Å². The predicted molar refractivity (Wildman–Crippen MR) is 67.3 cm³/mol. The zero-order valence-electron chi connectivity index (χ0n) is 10.5. The second-order valence-electron chi connectivity index (χ2n) is 4.94. The lowest BCUT2D eigenvalue weighted by Gasteiger charge is -2.28. The van der Waals surface area contributed by atoms with Crippen molar-refractivity contribution in [3.05, 3.63) is 53.1 Å². The Bertz CT molecular complexity index is 707. The molecule has 0 aromatic heterocycles. The second kappa shape index (κ2) is 3.76. The molecule has 0 fully saturated rings. The lowest BCUT2D eigenvalue weighted by molar-refractivity contribution is -0.246. The summed E-state index contributed by atoms with van der Waals surface area (Å²) in [7, 11) is 0. The van der Waals surface area contributed by atoms with Crippen LogP contribution < -0.4 is 0 Å². The maximum absolute atomic E-state index is 13.4. The van der Waals surface area contributed by atoms with Gasteiger partial charge in [0.1, 0.15) is 5.75 Å². The van der Waals surface area contributed by atoms with E-state index in [4.69, 9.17) is 0 Å². The Hall–Kier alpha value is -2.01. The van der Waals surface area contributed by atoms with Crippen molar-refractivity contribution in [2.45, 2.75) is 18.7 Å². The molecule has 0 heterocycles. The van der Waals surface area contributed by atoms with Crippen molar-refractivity contribution in [1.82, 2.24) is 0 Å². The Morgan fingerprint density at radius 3 is 2.35 bits per heavy atom. The molecule has 1 aliphatic carbocycles. The third kappa shape index (κ3) is 1.44. The molecular formula is C15H11F3O2. The van der Waals surface area contributed by atoms with Crippen LogP contribution in [0.1, 0.15) is 16.7 Å². The molecule has 0 bridgehead atoms. The minimum absolute atomic E-state index is 0.198. The van der Waals surface area contributed by atoms with Gasteiger partial charge < -0.3 is 10.2 Å². The topological polar surface area (TPSA) is 40.5 Å². The van der Waals surface area contributed by atoms with Crippen molar-refractivity contribution < 1.29 is 23.4 Å². The molecule has 0 radical (unpaired) electrons. The van der Waals surface area contributed by atoms with Crippen LogP contribution in [0, 0.1) is 6.92 Å². The number of aliphatic hydroxyl groups is 1. The first kappa shape index (κ1) is 13.0. The van der Waals surface area contributed by atoms with Gasteiger partial charge >= 0.3 is 6.18 Å². The van der Waals surface area contributed by atoms with Gasteiger partial charge in [-0.1, -0.05) is 24.3 Å². The summed E-state index contributed by atoms with van der Waals surface area (Å²) >= 11 is 0. The van der Waals surface area contributed by atoms with Crippen molar-refractivity contribution in [3.8, 4) is 16.9 Å². The zero-order chi connectivity index (χ0) is 14.7. The van der Waals surface area contributed by atoms with E-state index in [2.05, 4.69) is 0 Å². The quantitative estimate of drug-likeness (QED) is 0.775.